The van der Waals surface area contributed by atoms with Crippen molar-refractivity contribution in [3.63, 3.8) is 0 Å². The van der Waals surface area contributed by atoms with Gasteiger partial charge in [-0.05, 0) is 42.8 Å². The SMILES string of the molecule is COc1ccc([C@]2(C)NC(=O)N(Cc3cc(OC)ccc3OC)C2=O)cc1. The van der Waals surface area contributed by atoms with Crippen LogP contribution in [0.25, 0.3) is 0 Å². The third-order valence-corrected chi connectivity index (χ3v) is 4.76. The highest BCUT2D eigenvalue weighted by molar-refractivity contribution is 6.07. The van der Waals surface area contributed by atoms with Gasteiger partial charge in [-0.25, -0.2) is 4.79 Å². The molecule has 0 saturated carbocycles. The maximum absolute atomic E-state index is 13.1. The van der Waals surface area contributed by atoms with Crippen molar-refractivity contribution in [3.8, 4) is 17.2 Å². The molecular weight excluding hydrogens is 348 g/mol. The lowest BCUT2D eigenvalue weighted by atomic mass is 9.92. The topological polar surface area (TPSA) is 77.1 Å². The Morgan fingerprint density at radius 3 is 2.15 bits per heavy atom. The van der Waals surface area contributed by atoms with Crippen molar-refractivity contribution in [2.24, 2.45) is 0 Å². The Hall–Kier alpha value is -3.22. The van der Waals surface area contributed by atoms with E-state index in [1.165, 1.54) is 4.90 Å². The number of nitrogens with one attached hydrogen (secondary N) is 1. The molecule has 2 aromatic carbocycles. The molecule has 1 heterocycles. The van der Waals surface area contributed by atoms with Gasteiger partial charge in [-0.3, -0.25) is 9.69 Å². The summed E-state index contributed by atoms with van der Waals surface area (Å²) in [6.07, 6.45) is 0. The van der Waals surface area contributed by atoms with Crippen LogP contribution in [0.2, 0.25) is 0 Å². The molecule has 3 rings (SSSR count). The Kier molecular flexibility index (Phi) is 4.94. The van der Waals surface area contributed by atoms with Crippen molar-refractivity contribution >= 4 is 11.9 Å². The number of ether oxygens (including phenoxy) is 3. The first-order valence-electron chi connectivity index (χ1n) is 8.42. The third-order valence-electron chi connectivity index (χ3n) is 4.76. The Morgan fingerprint density at radius 2 is 1.56 bits per heavy atom. The van der Waals surface area contributed by atoms with E-state index in [4.69, 9.17) is 14.2 Å². The second-order valence-electron chi connectivity index (χ2n) is 6.35. The van der Waals surface area contributed by atoms with Crippen LogP contribution in [0.4, 0.5) is 4.79 Å². The van der Waals surface area contributed by atoms with Crippen LogP contribution >= 0.6 is 0 Å². The molecule has 0 unspecified atom stereocenters. The fourth-order valence-corrected chi connectivity index (χ4v) is 3.14. The third kappa shape index (κ3) is 3.28. The average molecular weight is 370 g/mol. The van der Waals surface area contributed by atoms with Gasteiger partial charge in [0.1, 0.15) is 22.8 Å². The molecule has 3 amide bonds. The maximum Gasteiger partial charge on any atom is 0.325 e. The number of benzene rings is 2. The molecule has 0 radical (unpaired) electrons. The van der Waals surface area contributed by atoms with Crippen LogP contribution in [-0.2, 0) is 16.9 Å². The summed E-state index contributed by atoms with van der Waals surface area (Å²) in [5.41, 5.74) is 0.219. The number of imide groups is 1. The van der Waals surface area contributed by atoms with E-state index >= 15 is 0 Å². The first kappa shape index (κ1) is 18.6. The minimum atomic E-state index is -1.14. The quantitative estimate of drug-likeness (QED) is 0.791. The molecular formula is C20H22N2O5. The molecule has 1 N–H and O–H groups in total. The fourth-order valence-electron chi connectivity index (χ4n) is 3.14. The van der Waals surface area contributed by atoms with E-state index in [9.17, 15) is 9.59 Å². The van der Waals surface area contributed by atoms with Gasteiger partial charge in [0.2, 0.25) is 0 Å². The van der Waals surface area contributed by atoms with Gasteiger partial charge in [-0.15, -0.1) is 0 Å². The minimum Gasteiger partial charge on any atom is -0.497 e. The molecule has 2 aromatic rings. The lowest BCUT2D eigenvalue weighted by Crippen LogP contribution is -2.40. The number of urea groups is 1. The molecule has 142 valence electrons. The lowest BCUT2D eigenvalue weighted by molar-refractivity contribution is -0.131. The molecule has 1 fully saturated rings. The van der Waals surface area contributed by atoms with Gasteiger partial charge in [-0.1, -0.05) is 12.1 Å². The predicted octanol–water partition coefficient (Wildman–Crippen LogP) is 2.68. The first-order valence-corrected chi connectivity index (χ1v) is 8.42. The second-order valence-corrected chi connectivity index (χ2v) is 6.35. The van der Waals surface area contributed by atoms with Gasteiger partial charge in [0.05, 0.1) is 27.9 Å². The van der Waals surface area contributed by atoms with Crippen molar-refractivity contribution in [3.05, 3.63) is 53.6 Å². The number of nitrogens with zero attached hydrogens (tertiary/aromatic N) is 1. The normalized spacial score (nSPS) is 19.0. The van der Waals surface area contributed by atoms with Gasteiger partial charge >= 0.3 is 6.03 Å². The Labute approximate surface area is 157 Å². The van der Waals surface area contributed by atoms with Crippen molar-refractivity contribution < 1.29 is 23.8 Å². The highest BCUT2D eigenvalue weighted by atomic mass is 16.5. The number of hydrogen-bond acceptors (Lipinski definition) is 5. The van der Waals surface area contributed by atoms with E-state index in [1.54, 1.807) is 70.7 Å². The van der Waals surface area contributed by atoms with E-state index in [2.05, 4.69) is 5.32 Å². The van der Waals surface area contributed by atoms with Crippen molar-refractivity contribution in [1.82, 2.24) is 10.2 Å². The number of rotatable bonds is 6. The summed E-state index contributed by atoms with van der Waals surface area (Å²) in [5.74, 6) is 1.55. The number of amides is 3. The molecule has 7 heteroatoms. The molecule has 0 bridgehead atoms. The molecule has 0 aliphatic carbocycles. The van der Waals surface area contributed by atoms with Crippen LogP contribution in [0.3, 0.4) is 0 Å². The van der Waals surface area contributed by atoms with Crippen molar-refractivity contribution in [1.29, 1.82) is 0 Å². The minimum absolute atomic E-state index is 0.0801. The number of hydrogen-bond donors (Lipinski definition) is 1. The van der Waals surface area contributed by atoms with Gasteiger partial charge in [0, 0.05) is 5.56 Å². The number of carbonyl (C=O) groups excluding carboxylic acids is 2. The zero-order valence-electron chi connectivity index (χ0n) is 15.7. The van der Waals surface area contributed by atoms with Gasteiger partial charge in [0.15, 0.2) is 0 Å². The molecule has 1 aliphatic heterocycles. The molecule has 27 heavy (non-hydrogen) atoms. The highest BCUT2D eigenvalue weighted by Crippen LogP contribution is 2.33. The lowest BCUT2D eigenvalue weighted by Gasteiger charge is -2.22. The summed E-state index contributed by atoms with van der Waals surface area (Å²) < 4.78 is 15.7. The number of carbonyl (C=O) groups is 2. The van der Waals surface area contributed by atoms with Crippen LogP contribution in [0.1, 0.15) is 18.1 Å². The smallest absolute Gasteiger partial charge is 0.325 e. The Morgan fingerprint density at radius 1 is 0.926 bits per heavy atom. The number of methoxy groups -OCH3 is 3. The van der Waals surface area contributed by atoms with E-state index < -0.39 is 11.6 Å². The molecule has 1 atom stereocenters. The van der Waals surface area contributed by atoms with E-state index in [0.717, 1.165) is 0 Å². The second kappa shape index (κ2) is 7.19. The van der Waals surface area contributed by atoms with E-state index in [1.807, 2.05) is 0 Å². The van der Waals surface area contributed by atoms with Gasteiger partial charge in [-0.2, -0.15) is 0 Å². The summed E-state index contributed by atoms with van der Waals surface area (Å²) in [4.78, 5) is 26.8. The van der Waals surface area contributed by atoms with Gasteiger partial charge in [0.25, 0.3) is 5.91 Å². The maximum atomic E-state index is 13.1. The molecule has 0 spiro atoms. The summed E-state index contributed by atoms with van der Waals surface area (Å²) in [7, 11) is 4.67. The highest BCUT2D eigenvalue weighted by Gasteiger charge is 2.49. The van der Waals surface area contributed by atoms with E-state index in [-0.39, 0.29) is 12.5 Å². The van der Waals surface area contributed by atoms with Crippen LogP contribution in [0.5, 0.6) is 17.2 Å². The van der Waals surface area contributed by atoms with E-state index in [0.29, 0.717) is 28.4 Å². The Bertz CT molecular complexity index is 865. The molecule has 1 aliphatic rings. The zero-order chi connectivity index (χ0) is 19.6. The van der Waals surface area contributed by atoms with Crippen LogP contribution < -0.4 is 19.5 Å². The van der Waals surface area contributed by atoms with Gasteiger partial charge < -0.3 is 19.5 Å². The van der Waals surface area contributed by atoms with Crippen molar-refractivity contribution in [2.45, 2.75) is 19.0 Å². The van der Waals surface area contributed by atoms with Crippen LogP contribution in [0, 0.1) is 0 Å². The van der Waals surface area contributed by atoms with Crippen LogP contribution in [-0.4, -0.2) is 38.2 Å². The van der Waals surface area contributed by atoms with Crippen molar-refractivity contribution in [2.75, 3.05) is 21.3 Å². The summed E-state index contributed by atoms with van der Waals surface area (Å²) in [6, 6.07) is 11.9. The summed E-state index contributed by atoms with van der Waals surface area (Å²) in [5, 5.41) is 2.79. The summed E-state index contributed by atoms with van der Waals surface area (Å²) >= 11 is 0. The molecule has 7 nitrogen and oxygen atoms in total. The standard InChI is InChI=1S/C20H22N2O5/c1-20(14-5-7-15(25-2)8-6-14)18(23)22(19(24)21-20)12-13-11-16(26-3)9-10-17(13)27-4/h5-11H,12H2,1-4H3,(H,21,24)/t20-/m0/s1. The Balaban J connectivity index is 1.90. The molecule has 1 saturated heterocycles. The first-order chi connectivity index (χ1) is 12.9. The average Bonchev–Trinajstić information content (AvgIpc) is 2.92. The molecule has 0 aromatic heterocycles. The van der Waals surface area contributed by atoms with Crippen LogP contribution in [0.15, 0.2) is 42.5 Å². The monoisotopic (exact) mass is 370 g/mol. The predicted molar refractivity (Wildman–Crippen MR) is 99.0 cm³/mol. The fraction of sp³-hybridized carbons (Fsp3) is 0.300. The largest absolute Gasteiger partial charge is 0.497 e. The summed E-state index contributed by atoms with van der Waals surface area (Å²) in [6.45, 7) is 1.77. The zero-order valence-corrected chi connectivity index (χ0v) is 15.7.